The van der Waals surface area contributed by atoms with Gasteiger partial charge in [-0.3, -0.25) is 5.43 Å². The van der Waals surface area contributed by atoms with E-state index in [4.69, 9.17) is 17.4 Å². The van der Waals surface area contributed by atoms with E-state index >= 15 is 0 Å². The Morgan fingerprint density at radius 1 is 1.50 bits per heavy atom. The lowest BCUT2D eigenvalue weighted by Gasteiger charge is -2.18. The maximum absolute atomic E-state index is 6.07. The van der Waals surface area contributed by atoms with Gasteiger partial charge in [-0.2, -0.15) is 4.98 Å². The van der Waals surface area contributed by atoms with E-state index in [-0.39, 0.29) is 0 Å². The predicted molar refractivity (Wildman–Crippen MR) is 73.8 cm³/mol. The molecule has 0 aliphatic heterocycles. The molecule has 0 atom stereocenters. The number of aromatic nitrogens is 3. The van der Waals surface area contributed by atoms with Crippen molar-refractivity contribution in [2.24, 2.45) is 5.84 Å². The highest BCUT2D eigenvalue weighted by atomic mass is 35.5. The minimum atomic E-state index is 0.329. The molecule has 0 aromatic carbocycles. The van der Waals surface area contributed by atoms with Crippen LogP contribution in [0.1, 0.15) is 10.7 Å². The molecular formula is C10H13ClN6S. The molecule has 0 bridgehead atoms. The van der Waals surface area contributed by atoms with Crippen molar-refractivity contribution in [3.63, 3.8) is 0 Å². The fourth-order valence-corrected chi connectivity index (χ4v) is 2.33. The van der Waals surface area contributed by atoms with Crippen molar-refractivity contribution in [1.29, 1.82) is 0 Å². The number of thiazole rings is 1. The van der Waals surface area contributed by atoms with Gasteiger partial charge in [0.1, 0.15) is 5.02 Å². The fourth-order valence-electron chi connectivity index (χ4n) is 1.49. The van der Waals surface area contributed by atoms with Gasteiger partial charge in [0.2, 0.25) is 5.95 Å². The third kappa shape index (κ3) is 2.87. The number of anilines is 2. The van der Waals surface area contributed by atoms with Crippen molar-refractivity contribution >= 4 is 34.7 Å². The number of rotatable bonds is 4. The first-order valence-corrected chi connectivity index (χ1v) is 6.47. The maximum atomic E-state index is 6.07. The zero-order valence-electron chi connectivity index (χ0n) is 10.0. The molecule has 0 fully saturated rings. The molecular weight excluding hydrogens is 272 g/mol. The average molecular weight is 285 g/mol. The van der Waals surface area contributed by atoms with E-state index in [1.165, 1.54) is 6.20 Å². The molecule has 0 aliphatic carbocycles. The molecule has 3 N–H and O–H groups in total. The van der Waals surface area contributed by atoms with E-state index in [1.807, 2.05) is 24.3 Å². The van der Waals surface area contributed by atoms with Gasteiger partial charge >= 0.3 is 0 Å². The third-order valence-corrected chi connectivity index (χ3v) is 3.37. The summed E-state index contributed by atoms with van der Waals surface area (Å²) in [5, 5.41) is 3.53. The number of aryl methyl sites for hydroxylation is 1. The Kier molecular flexibility index (Phi) is 3.95. The predicted octanol–water partition coefficient (Wildman–Crippen LogP) is 1.82. The highest BCUT2D eigenvalue weighted by molar-refractivity contribution is 7.09. The highest BCUT2D eigenvalue weighted by Crippen LogP contribution is 2.24. The van der Waals surface area contributed by atoms with Gasteiger partial charge in [0, 0.05) is 12.4 Å². The average Bonchev–Trinajstić information content (AvgIpc) is 2.75. The molecule has 18 heavy (non-hydrogen) atoms. The molecule has 2 heterocycles. The first kappa shape index (κ1) is 13.0. The molecule has 0 saturated heterocycles. The van der Waals surface area contributed by atoms with Gasteiger partial charge in [0.25, 0.3) is 0 Å². The van der Waals surface area contributed by atoms with E-state index in [9.17, 15) is 0 Å². The van der Waals surface area contributed by atoms with Crippen LogP contribution in [-0.4, -0.2) is 22.0 Å². The zero-order chi connectivity index (χ0) is 13.1. The summed E-state index contributed by atoms with van der Waals surface area (Å²) in [5.74, 6) is 6.22. The van der Waals surface area contributed by atoms with Crippen LogP contribution in [0, 0.1) is 6.92 Å². The minimum absolute atomic E-state index is 0.329. The van der Waals surface area contributed by atoms with E-state index in [2.05, 4.69) is 20.4 Å². The maximum Gasteiger partial charge on any atom is 0.239 e. The number of hydrazine groups is 1. The summed E-state index contributed by atoms with van der Waals surface area (Å²) in [4.78, 5) is 14.4. The van der Waals surface area contributed by atoms with Crippen molar-refractivity contribution in [3.05, 3.63) is 27.3 Å². The van der Waals surface area contributed by atoms with Crippen LogP contribution in [0.4, 0.5) is 11.8 Å². The van der Waals surface area contributed by atoms with Crippen molar-refractivity contribution in [2.75, 3.05) is 17.4 Å². The largest absolute Gasteiger partial charge is 0.352 e. The summed E-state index contributed by atoms with van der Waals surface area (Å²) in [6.45, 7) is 2.60. The summed E-state index contributed by atoms with van der Waals surface area (Å²) < 4.78 is 0. The van der Waals surface area contributed by atoms with Gasteiger partial charge in [-0.1, -0.05) is 11.6 Å². The topological polar surface area (TPSA) is 80.0 Å². The highest BCUT2D eigenvalue weighted by Gasteiger charge is 2.11. The number of nitrogens with zero attached hydrogens (tertiary/aromatic N) is 4. The van der Waals surface area contributed by atoms with Gasteiger partial charge in [-0.25, -0.2) is 15.8 Å². The molecule has 0 radical (unpaired) electrons. The van der Waals surface area contributed by atoms with Crippen molar-refractivity contribution in [2.45, 2.75) is 13.5 Å². The van der Waals surface area contributed by atoms with Crippen LogP contribution in [0.5, 0.6) is 0 Å². The normalized spacial score (nSPS) is 10.4. The van der Waals surface area contributed by atoms with E-state index in [0.717, 1.165) is 10.7 Å². The Hall–Kier alpha value is -1.44. The zero-order valence-corrected chi connectivity index (χ0v) is 11.6. The van der Waals surface area contributed by atoms with Gasteiger partial charge in [-0.05, 0) is 6.92 Å². The minimum Gasteiger partial charge on any atom is -0.352 e. The van der Waals surface area contributed by atoms with Crippen LogP contribution >= 0.6 is 22.9 Å². The molecule has 6 nitrogen and oxygen atoms in total. The standard InChI is InChI=1S/C10H13ClN6S/c1-6-14-7(5-18-6)4-17(2)9-8(11)3-13-10(15-9)16-12/h3,5H,4,12H2,1-2H3,(H,13,15,16). The Labute approximate surface area is 114 Å². The lowest BCUT2D eigenvalue weighted by molar-refractivity contribution is 0.865. The fraction of sp³-hybridized carbons (Fsp3) is 0.300. The van der Waals surface area contributed by atoms with Gasteiger partial charge in [0.05, 0.1) is 23.4 Å². The van der Waals surface area contributed by atoms with Gasteiger partial charge in [0.15, 0.2) is 5.82 Å². The van der Waals surface area contributed by atoms with Crippen LogP contribution in [0.3, 0.4) is 0 Å². The number of nitrogen functional groups attached to an aromatic ring is 1. The lowest BCUT2D eigenvalue weighted by atomic mass is 10.4. The number of nitrogens with one attached hydrogen (secondary N) is 1. The van der Waals surface area contributed by atoms with Crippen molar-refractivity contribution in [1.82, 2.24) is 15.0 Å². The molecule has 2 aromatic rings. The number of hydrogen-bond donors (Lipinski definition) is 2. The Bertz CT molecular complexity index is 543. The van der Waals surface area contributed by atoms with Crippen LogP contribution in [0.25, 0.3) is 0 Å². The van der Waals surface area contributed by atoms with Gasteiger partial charge < -0.3 is 4.90 Å². The summed E-state index contributed by atoms with van der Waals surface area (Å²) in [5.41, 5.74) is 3.38. The Morgan fingerprint density at radius 2 is 2.28 bits per heavy atom. The molecule has 2 aromatic heterocycles. The second kappa shape index (κ2) is 5.47. The summed E-state index contributed by atoms with van der Waals surface area (Å²) in [7, 11) is 1.89. The molecule has 0 spiro atoms. The van der Waals surface area contributed by atoms with Crippen LogP contribution in [0.2, 0.25) is 5.02 Å². The summed E-state index contributed by atoms with van der Waals surface area (Å²) in [6.07, 6.45) is 1.52. The smallest absolute Gasteiger partial charge is 0.239 e. The SMILES string of the molecule is Cc1nc(CN(C)c2nc(NN)ncc2Cl)cs1. The number of nitrogens with two attached hydrogens (primary N) is 1. The second-order valence-corrected chi connectivity index (χ2v) is 5.19. The van der Waals surface area contributed by atoms with Crippen LogP contribution in [-0.2, 0) is 6.54 Å². The van der Waals surface area contributed by atoms with Crippen LogP contribution < -0.4 is 16.2 Å². The molecule has 0 aliphatic rings. The molecule has 0 amide bonds. The first-order chi connectivity index (χ1) is 8.60. The first-order valence-electron chi connectivity index (χ1n) is 5.21. The molecule has 0 unspecified atom stereocenters. The Morgan fingerprint density at radius 3 is 2.89 bits per heavy atom. The Balaban J connectivity index is 2.20. The quantitative estimate of drug-likeness (QED) is 0.658. The number of halogens is 1. The number of hydrogen-bond acceptors (Lipinski definition) is 7. The van der Waals surface area contributed by atoms with E-state index < -0.39 is 0 Å². The lowest BCUT2D eigenvalue weighted by Crippen LogP contribution is -2.20. The second-order valence-electron chi connectivity index (χ2n) is 3.72. The molecule has 2 rings (SSSR count). The van der Waals surface area contributed by atoms with E-state index in [0.29, 0.717) is 23.3 Å². The van der Waals surface area contributed by atoms with Crippen LogP contribution in [0.15, 0.2) is 11.6 Å². The summed E-state index contributed by atoms with van der Waals surface area (Å²) in [6, 6.07) is 0. The van der Waals surface area contributed by atoms with Gasteiger partial charge in [-0.15, -0.1) is 11.3 Å². The van der Waals surface area contributed by atoms with Crippen molar-refractivity contribution in [3.8, 4) is 0 Å². The molecule has 8 heteroatoms. The van der Waals surface area contributed by atoms with E-state index in [1.54, 1.807) is 11.3 Å². The summed E-state index contributed by atoms with van der Waals surface area (Å²) >= 11 is 7.68. The monoisotopic (exact) mass is 284 g/mol. The molecule has 96 valence electrons. The van der Waals surface area contributed by atoms with Crippen molar-refractivity contribution < 1.29 is 0 Å². The third-order valence-electron chi connectivity index (χ3n) is 2.28. The molecule has 0 saturated carbocycles.